The number of hydrogen-bond donors (Lipinski definition) is 0. The van der Waals surface area contributed by atoms with Crippen LogP contribution in [-0.4, -0.2) is 5.78 Å². The monoisotopic (exact) mass is 228 g/mol. The second kappa shape index (κ2) is 3.69. The largest absolute Gasteiger partial charge is 0.294 e. The molecule has 0 heterocycles. The topological polar surface area (TPSA) is 17.1 Å². The first kappa shape index (κ1) is 11.0. The van der Waals surface area contributed by atoms with Crippen LogP contribution in [0, 0.1) is 13.8 Å². The summed E-state index contributed by atoms with van der Waals surface area (Å²) < 4.78 is 0. The van der Waals surface area contributed by atoms with Crippen LogP contribution in [0.2, 0.25) is 0 Å². The number of fused-ring (bicyclic) bond motifs is 2. The average molecular weight is 228 g/mol. The van der Waals surface area contributed by atoms with Gasteiger partial charge in [-0.2, -0.15) is 0 Å². The van der Waals surface area contributed by atoms with Crippen LogP contribution in [0.4, 0.5) is 0 Å². The predicted molar refractivity (Wildman–Crippen MR) is 69.6 cm³/mol. The van der Waals surface area contributed by atoms with Gasteiger partial charge in [0.1, 0.15) is 0 Å². The molecule has 0 unspecified atom stereocenters. The normalized spacial score (nSPS) is 21.9. The molecular formula is C16H20O. The Bertz CT molecular complexity index is 479. The summed E-state index contributed by atoms with van der Waals surface area (Å²) >= 11 is 0. The second-order valence-electron chi connectivity index (χ2n) is 5.89. The second-order valence-corrected chi connectivity index (χ2v) is 5.89. The molecule has 0 amide bonds. The first-order valence-electron chi connectivity index (χ1n) is 6.78. The van der Waals surface area contributed by atoms with Gasteiger partial charge in [-0.1, -0.05) is 31.4 Å². The standard InChI is InChI=1S/C16H20O/c1-11-6-7-12(2)15-14(11)13(17)10-16(15)8-4-3-5-9-16/h6-7H,3-5,8-10H2,1-2H3. The van der Waals surface area contributed by atoms with Gasteiger partial charge >= 0.3 is 0 Å². The van der Waals surface area contributed by atoms with E-state index in [4.69, 9.17) is 0 Å². The Hall–Kier alpha value is -1.11. The lowest BCUT2D eigenvalue weighted by atomic mass is 9.69. The molecule has 0 aliphatic heterocycles. The Balaban J connectivity index is 2.21. The zero-order valence-corrected chi connectivity index (χ0v) is 10.8. The van der Waals surface area contributed by atoms with Gasteiger partial charge in [-0.05, 0) is 43.4 Å². The molecule has 0 N–H and O–H groups in total. The van der Waals surface area contributed by atoms with Crippen molar-refractivity contribution in [1.29, 1.82) is 0 Å². The maximum Gasteiger partial charge on any atom is 0.164 e. The van der Waals surface area contributed by atoms with Gasteiger partial charge in [0.15, 0.2) is 5.78 Å². The van der Waals surface area contributed by atoms with Gasteiger partial charge < -0.3 is 0 Å². The van der Waals surface area contributed by atoms with Gasteiger partial charge in [0.25, 0.3) is 0 Å². The molecule has 1 nitrogen and oxygen atoms in total. The minimum Gasteiger partial charge on any atom is -0.294 e. The maximum atomic E-state index is 12.3. The van der Waals surface area contributed by atoms with Crippen molar-refractivity contribution in [3.63, 3.8) is 0 Å². The molecule has 3 rings (SSSR count). The summed E-state index contributed by atoms with van der Waals surface area (Å²) in [4.78, 5) is 12.3. The average Bonchev–Trinajstić information content (AvgIpc) is 2.59. The molecule has 0 saturated heterocycles. The maximum absolute atomic E-state index is 12.3. The first-order chi connectivity index (χ1) is 8.14. The van der Waals surface area contributed by atoms with Crippen LogP contribution >= 0.6 is 0 Å². The number of aryl methyl sites for hydroxylation is 2. The van der Waals surface area contributed by atoms with Crippen LogP contribution in [0.1, 0.15) is 65.6 Å². The van der Waals surface area contributed by atoms with E-state index in [1.807, 2.05) is 0 Å². The number of ketones is 1. The summed E-state index contributed by atoms with van der Waals surface area (Å²) in [5, 5.41) is 0. The summed E-state index contributed by atoms with van der Waals surface area (Å²) in [6, 6.07) is 4.30. The highest BCUT2D eigenvalue weighted by atomic mass is 16.1. The molecule has 0 bridgehead atoms. The quantitative estimate of drug-likeness (QED) is 0.653. The third-order valence-corrected chi connectivity index (χ3v) is 4.74. The lowest BCUT2D eigenvalue weighted by molar-refractivity contribution is 0.0961. The third kappa shape index (κ3) is 1.48. The van der Waals surface area contributed by atoms with Gasteiger partial charge in [0.2, 0.25) is 0 Å². The SMILES string of the molecule is Cc1ccc(C)c2c1C(=O)CC21CCCCC1. The molecule has 2 aliphatic rings. The molecule has 1 aromatic rings. The molecule has 0 aromatic heterocycles. The molecule has 17 heavy (non-hydrogen) atoms. The van der Waals surface area contributed by atoms with Crippen molar-refractivity contribution in [2.24, 2.45) is 0 Å². The summed E-state index contributed by atoms with van der Waals surface area (Å²) in [5.74, 6) is 0.392. The molecule has 1 saturated carbocycles. The Labute approximate surface area is 103 Å². The van der Waals surface area contributed by atoms with Gasteiger partial charge in [0, 0.05) is 17.4 Å². The molecule has 0 radical (unpaired) electrons. The van der Waals surface area contributed by atoms with Crippen molar-refractivity contribution in [3.8, 4) is 0 Å². The van der Waals surface area contributed by atoms with Crippen LogP contribution in [-0.2, 0) is 5.41 Å². The number of carbonyl (C=O) groups is 1. The highest BCUT2D eigenvalue weighted by Crippen LogP contribution is 2.50. The molecule has 1 spiro atoms. The summed E-state index contributed by atoms with van der Waals surface area (Å²) in [5.41, 5.74) is 5.19. The number of rotatable bonds is 0. The molecule has 2 aliphatic carbocycles. The minimum absolute atomic E-state index is 0.209. The number of carbonyl (C=O) groups excluding carboxylic acids is 1. The fourth-order valence-corrected chi connectivity index (χ4v) is 3.99. The number of Topliss-reactive ketones (excluding diaryl/α,β-unsaturated/α-hetero) is 1. The smallest absolute Gasteiger partial charge is 0.164 e. The van der Waals surface area contributed by atoms with Crippen molar-refractivity contribution in [2.75, 3.05) is 0 Å². The zero-order valence-electron chi connectivity index (χ0n) is 10.8. The van der Waals surface area contributed by atoms with Crippen molar-refractivity contribution in [3.05, 3.63) is 34.4 Å². The Morgan fingerprint density at radius 3 is 2.35 bits per heavy atom. The van der Waals surface area contributed by atoms with E-state index in [9.17, 15) is 4.79 Å². The first-order valence-corrected chi connectivity index (χ1v) is 6.78. The van der Waals surface area contributed by atoms with Crippen molar-refractivity contribution in [2.45, 2.75) is 57.8 Å². The van der Waals surface area contributed by atoms with Gasteiger partial charge in [-0.3, -0.25) is 4.79 Å². The minimum atomic E-state index is 0.209. The molecule has 0 atom stereocenters. The van der Waals surface area contributed by atoms with E-state index in [-0.39, 0.29) is 5.41 Å². The lowest BCUT2D eigenvalue weighted by Gasteiger charge is -2.34. The number of hydrogen-bond acceptors (Lipinski definition) is 1. The van der Waals surface area contributed by atoms with Crippen molar-refractivity contribution >= 4 is 5.78 Å². The van der Waals surface area contributed by atoms with Crippen molar-refractivity contribution in [1.82, 2.24) is 0 Å². The number of benzene rings is 1. The Kier molecular flexibility index (Phi) is 2.39. The van der Waals surface area contributed by atoms with E-state index in [0.29, 0.717) is 5.78 Å². The van der Waals surface area contributed by atoms with Crippen LogP contribution < -0.4 is 0 Å². The summed E-state index contributed by atoms with van der Waals surface area (Å²) in [6.45, 7) is 4.26. The van der Waals surface area contributed by atoms with Crippen LogP contribution in [0.3, 0.4) is 0 Å². The summed E-state index contributed by atoms with van der Waals surface area (Å²) in [7, 11) is 0. The highest BCUT2D eigenvalue weighted by molar-refractivity contribution is 6.03. The van der Waals surface area contributed by atoms with E-state index in [2.05, 4.69) is 26.0 Å². The van der Waals surface area contributed by atoms with Crippen LogP contribution in [0.15, 0.2) is 12.1 Å². The third-order valence-electron chi connectivity index (χ3n) is 4.74. The molecule has 90 valence electrons. The van der Waals surface area contributed by atoms with E-state index >= 15 is 0 Å². The lowest BCUT2D eigenvalue weighted by Crippen LogP contribution is -2.27. The fourth-order valence-electron chi connectivity index (χ4n) is 3.99. The van der Waals surface area contributed by atoms with Crippen molar-refractivity contribution < 1.29 is 4.79 Å². The van der Waals surface area contributed by atoms with Crippen LogP contribution in [0.5, 0.6) is 0 Å². The molecule has 1 aromatic carbocycles. The molecule has 1 heteroatoms. The predicted octanol–water partition coefficient (Wildman–Crippen LogP) is 4.09. The van der Waals surface area contributed by atoms with E-state index in [1.54, 1.807) is 0 Å². The van der Waals surface area contributed by atoms with Gasteiger partial charge in [0.05, 0.1) is 0 Å². The molecular weight excluding hydrogens is 208 g/mol. The highest BCUT2D eigenvalue weighted by Gasteiger charge is 2.45. The zero-order chi connectivity index (χ0) is 12.0. The van der Waals surface area contributed by atoms with Crippen LogP contribution in [0.25, 0.3) is 0 Å². The van der Waals surface area contributed by atoms with Gasteiger partial charge in [-0.15, -0.1) is 0 Å². The van der Waals surface area contributed by atoms with E-state index in [1.165, 1.54) is 48.8 Å². The summed E-state index contributed by atoms with van der Waals surface area (Å²) in [6.07, 6.45) is 7.14. The Morgan fingerprint density at radius 1 is 1.00 bits per heavy atom. The van der Waals surface area contributed by atoms with E-state index < -0.39 is 0 Å². The Morgan fingerprint density at radius 2 is 1.65 bits per heavy atom. The van der Waals surface area contributed by atoms with E-state index in [0.717, 1.165) is 12.0 Å². The van der Waals surface area contributed by atoms with Gasteiger partial charge in [-0.25, -0.2) is 0 Å². The fraction of sp³-hybridized carbons (Fsp3) is 0.562. The molecule has 1 fully saturated rings.